The number of nitrogens with one attached hydrogen (secondary N) is 1. The minimum Gasteiger partial charge on any atom is -0.343 e. The van der Waals surface area contributed by atoms with Gasteiger partial charge in [-0.3, -0.25) is 4.79 Å². The van der Waals surface area contributed by atoms with E-state index in [1.165, 1.54) is 0 Å². The van der Waals surface area contributed by atoms with Gasteiger partial charge in [0.25, 0.3) is 5.91 Å². The van der Waals surface area contributed by atoms with Crippen LogP contribution in [0, 0.1) is 0 Å². The first kappa shape index (κ1) is 15.7. The summed E-state index contributed by atoms with van der Waals surface area (Å²) in [6.45, 7) is -1.50. The highest BCUT2D eigenvalue weighted by atomic mass is 32.2. The molecule has 0 atom stereocenters. The molecule has 0 fully saturated rings. The van der Waals surface area contributed by atoms with Gasteiger partial charge in [-0.1, -0.05) is 0 Å². The Balaban J connectivity index is 2.63. The lowest BCUT2D eigenvalue weighted by molar-refractivity contribution is -0.123. The number of rotatable bonds is 3. The van der Waals surface area contributed by atoms with Crippen LogP contribution in [0.3, 0.4) is 0 Å². The lowest BCUT2D eigenvalue weighted by Crippen LogP contribution is -2.33. The van der Waals surface area contributed by atoms with Crippen molar-refractivity contribution in [3.05, 3.63) is 29.8 Å². The van der Waals surface area contributed by atoms with Gasteiger partial charge in [0.1, 0.15) is 6.54 Å². The minimum atomic E-state index is -4.54. The van der Waals surface area contributed by atoms with Crippen molar-refractivity contribution in [2.45, 2.75) is 16.6 Å². The molecule has 1 N–H and O–H groups in total. The molecule has 0 heterocycles. The molecule has 1 rings (SSSR count). The van der Waals surface area contributed by atoms with Crippen LogP contribution in [0.25, 0.3) is 0 Å². The summed E-state index contributed by atoms with van der Waals surface area (Å²) in [7, 11) is 0. The molecule has 2 nitrogen and oxygen atoms in total. The molecular weight excluding hydrogens is 296 g/mol. The van der Waals surface area contributed by atoms with Gasteiger partial charge < -0.3 is 5.32 Å². The smallest absolute Gasteiger partial charge is 0.343 e. The zero-order chi connectivity index (χ0) is 14.7. The van der Waals surface area contributed by atoms with Crippen LogP contribution in [0.4, 0.5) is 26.3 Å². The van der Waals surface area contributed by atoms with Gasteiger partial charge in [0.05, 0.1) is 0 Å². The van der Waals surface area contributed by atoms with E-state index in [1.54, 1.807) is 5.32 Å². The number of hydrogen-bond acceptors (Lipinski definition) is 2. The van der Waals surface area contributed by atoms with E-state index in [2.05, 4.69) is 0 Å². The number of carbonyl (C=O) groups is 1. The second kappa shape index (κ2) is 5.72. The number of thioether (sulfide) groups is 1. The second-order valence-corrected chi connectivity index (χ2v) is 4.51. The zero-order valence-corrected chi connectivity index (χ0v) is 9.92. The Morgan fingerprint density at radius 3 is 2.00 bits per heavy atom. The fourth-order valence-corrected chi connectivity index (χ4v) is 1.63. The van der Waals surface area contributed by atoms with Gasteiger partial charge in [-0.2, -0.15) is 26.3 Å². The Labute approximate surface area is 108 Å². The topological polar surface area (TPSA) is 29.1 Å². The van der Waals surface area contributed by atoms with E-state index in [-0.39, 0.29) is 22.2 Å². The molecular formula is C10H7F6NOS. The fraction of sp³-hybridized carbons (Fsp3) is 0.300. The number of amides is 1. The molecule has 0 saturated heterocycles. The number of alkyl halides is 6. The normalized spacial score (nSPS) is 12.3. The van der Waals surface area contributed by atoms with Gasteiger partial charge in [-0.15, -0.1) is 0 Å². The molecule has 9 heteroatoms. The zero-order valence-electron chi connectivity index (χ0n) is 9.10. The lowest BCUT2D eigenvalue weighted by Gasteiger charge is -2.09. The van der Waals surface area contributed by atoms with Gasteiger partial charge in [0.2, 0.25) is 0 Å². The second-order valence-electron chi connectivity index (χ2n) is 3.37. The molecule has 0 bridgehead atoms. The predicted molar refractivity (Wildman–Crippen MR) is 56.7 cm³/mol. The van der Waals surface area contributed by atoms with Crippen molar-refractivity contribution in [1.29, 1.82) is 0 Å². The van der Waals surface area contributed by atoms with Crippen LogP contribution in [0.2, 0.25) is 0 Å². The van der Waals surface area contributed by atoms with E-state index in [0.717, 1.165) is 24.3 Å². The monoisotopic (exact) mass is 303 g/mol. The number of hydrogen-bond donors (Lipinski definition) is 1. The molecule has 0 radical (unpaired) electrons. The summed E-state index contributed by atoms with van der Waals surface area (Å²) in [6, 6.07) is 4.08. The standard InChI is InChI=1S/C10H7F6NOS/c11-9(12,13)5-17-8(18)6-1-3-7(4-2-6)19-10(14,15)16/h1-4H,5H2,(H,17,18). The van der Waals surface area contributed by atoms with Crippen LogP contribution in [0.15, 0.2) is 29.2 Å². The molecule has 0 saturated carbocycles. The Bertz CT molecular complexity index is 439. The molecule has 0 unspecified atom stereocenters. The van der Waals surface area contributed by atoms with Gasteiger partial charge >= 0.3 is 11.7 Å². The average Bonchev–Trinajstić information content (AvgIpc) is 2.23. The molecule has 106 valence electrons. The number of halogens is 6. The maximum atomic E-state index is 12.0. The van der Waals surface area contributed by atoms with E-state index in [0.29, 0.717) is 0 Å². The maximum absolute atomic E-state index is 12.0. The molecule has 1 aromatic rings. The van der Waals surface area contributed by atoms with E-state index in [1.807, 2.05) is 0 Å². The highest BCUT2D eigenvalue weighted by molar-refractivity contribution is 8.00. The largest absolute Gasteiger partial charge is 0.446 e. The average molecular weight is 303 g/mol. The van der Waals surface area contributed by atoms with Crippen LogP contribution >= 0.6 is 11.8 Å². The third kappa shape index (κ3) is 6.37. The summed E-state index contributed by atoms with van der Waals surface area (Å²) in [4.78, 5) is 11.1. The van der Waals surface area contributed by atoms with Gasteiger partial charge in [-0.05, 0) is 36.0 Å². The molecule has 0 aromatic heterocycles. The molecule has 0 aliphatic heterocycles. The first-order valence-corrected chi connectivity index (χ1v) is 5.59. The highest BCUT2D eigenvalue weighted by Gasteiger charge is 2.29. The van der Waals surface area contributed by atoms with Gasteiger partial charge in [0, 0.05) is 10.5 Å². The summed E-state index contributed by atoms with van der Waals surface area (Å²) in [5, 5.41) is 1.61. The Kier molecular flexibility index (Phi) is 4.72. The van der Waals surface area contributed by atoms with Crippen molar-refractivity contribution >= 4 is 17.7 Å². The van der Waals surface area contributed by atoms with E-state index in [9.17, 15) is 31.1 Å². The molecule has 0 aliphatic carbocycles. The van der Waals surface area contributed by atoms with Crippen molar-refractivity contribution < 1.29 is 31.1 Å². The van der Waals surface area contributed by atoms with E-state index >= 15 is 0 Å². The van der Waals surface area contributed by atoms with Crippen LogP contribution in [0.5, 0.6) is 0 Å². The van der Waals surface area contributed by atoms with E-state index < -0.39 is 24.1 Å². The first-order chi connectivity index (χ1) is 8.57. The summed E-state index contributed by atoms with van der Waals surface area (Å²) in [5.41, 5.74) is -4.60. The van der Waals surface area contributed by atoms with Crippen molar-refractivity contribution in [1.82, 2.24) is 5.32 Å². The first-order valence-electron chi connectivity index (χ1n) is 4.77. The molecule has 0 aliphatic rings. The third-order valence-electron chi connectivity index (χ3n) is 1.80. The fourth-order valence-electron chi connectivity index (χ4n) is 1.09. The van der Waals surface area contributed by atoms with Crippen molar-refractivity contribution in [3.8, 4) is 0 Å². The number of benzene rings is 1. The summed E-state index contributed by atoms with van der Waals surface area (Å²) in [6.07, 6.45) is -4.54. The highest BCUT2D eigenvalue weighted by Crippen LogP contribution is 2.36. The molecule has 0 spiro atoms. The predicted octanol–water partition coefficient (Wildman–Crippen LogP) is 3.59. The SMILES string of the molecule is O=C(NCC(F)(F)F)c1ccc(SC(F)(F)F)cc1. The molecule has 19 heavy (non-hydrogen) atoms. The Hall–Kier alpha value is -1.38. The van der Waals surface area contributed by atoms with Crippen molar-refractivity contribution in [2.24, 2.45) is 0 Å². The van der Waals surface area contributed by atoms with Crippen LogP contribution in [-0.4, -0.2) is 24.1 Å². The Morgan fingerprint density at radius 1 is 1.05 bits per heavy atom. The maximum Gasteiger partial charge on any atom is 0.446 e. The van der Waals surface area contributed by atoms with Crippen LogP contribution in [0.1, 0.15) is 10.4 Å². The van der Waals surface area contributed by atoms with Crippen molar-refractivity contribution in [3.63, 3.8) is 0 Å². The minimum absolute atomic E-state index is 0.143. The Morgan fingerprint density at radius 2 is 1.58 bits per heavy atom. The van der Waals surface area contributed by atoms with Gasteiger partial charge in [0.15, 0.2) is 0 Å². The summed E-state index contributed by atoms with van der Waals surface area (Å²) < 4.78 is 71.5. The van der Waals surface area contributed by atoms with Crippen molar-refractivity contribution in [2.75, 3.05) is 6.54 Å². The van der Waals surface area contributed by atoms with E-state index in [4.69, 9.17) is 0 Å². The molecule has 1 aromatic carbocycles. The molecule has 1 amide bonds. The van der Waals surface area contributed by atoms with Crippen LogP contribution < -0.4 is 5.32 Å². The lowest BCUT2D eigenvalue weighted by atomic mass is 10.2. The quantitative estimate of drug-likeness (QED) is 0.683. The summed E-state index contributed by atoms with van der Waals surface area (Å²) >= 11 is -0.373. The van der Waals surface area contributed by atoms with Gasteiger partial charge in [-0.25, -0.2) is 0 Å². The van der Waals surface area contributed by atoms with Crippen LogP contribution in [-0.2, 0) is 0 Å². The number of carbonyl (C=O) groups excluding carboxylic acids is 1. The third-order valence-corrected chi connectivity index (χ3v) is 2.54. The summed E-state index contributed by atoms with van der Waals surface area (Å²) in [5.74, 6) is -0.999.